The Hall–Kier alpha value is 0.601. The van der Waals surface area contributed by atoms with Crippen molar-refractivity contribution in [2.45, 2.75) is 0 Å². The summed E-state index contributed by atoms with van der Waals surface area (Å²) in [4.78, 5) is 8.49. The third-order valence-electron chi connectivity index (χ3n) is 0.550. The van der Waals surface area contributed by atoms with E-state index in [2.05, 4.69) is 6.58 Å². The number of aliphatic carboxylic acids is 1. The molecule has 0 saturated heterocycles. The molecule has 0 radical (unpaired) electrons. The van der Waals surface area contributed by atoms with Crippen LogP contribution in [-0.4, -0.2) is 69.5 Å². The number of carboxylic acids is 1. The Bertz CT molecular complexity index is 240. The van der Waals surface area contributed by atoms with Crippen molar-refractivity contribution in [1.82, 2.24) is 0 Å². The van der Waals surface area contributed by atoms with Crippen LogP contribution in [0.1, 0.15) is 0 Å². The topological polar surface area (TPSA) is 91.7 Å². The van der Waals surface area contributed by atoms with Gasteiger partial charge in [0.05, 0.1) is 0 Å². The van der Waals surface area contributed by atoms with Crippen molar-refractivity contribution in [3.05, 3.63) is 11.5 Å². The molecule has 5 nitrogen and oxygen atoms in total. The number of hydrogen-bond donors (Lipinski definition) is 2. The molecular formula is C3H4O5SSr+2. The van der Waals surface area contributed by atoms with Gasteiger partial charge in [0.1, 0.15) is 0 Å². The van der Waals surface area contributed by atoms with Crippen molar-refractivity contribution in [2.24, 2.45) is 0 Å². The van der Waals surface area contributed by atoms with E-state index in [1.807, 2.05) is 0 Å². The normalized spacial score (nSPS) is 9.70. The molecule has 0 saturated carbocycles. The molecule has 0 aliphatic rings. The molecule has 52 valence electrons. The predicted molar refractivity (Wildman–Crippen MR) is 34.1 cm³/mol. The first-order valence-corrected chi connectivity index (χ1v) is 3.19. The van der Waals surface area contributed by atoms with E-state index in [0.29, 0.717) is 0 Å². The van der Waals surface area contributed by atoms with E-state index in [-0.39, 0.29) is 45.5 Å². The quantitative estimate of drug-likeness (QED) is 0.370. The van der Waals surface area contributed by atoms with Gasteiger partial charge in [-0.15, -0.1) is 0 Å². The first-order chi connectivity index (χ1) is 3.85. The SMILES string of the molecule is C=C(C(=O)O)S(=O)(=O)O.[Sr+2]. The zero-order valence-electron chi connectivity index (χ0n) is 4.94. The monoisotopic (exact) mass is 240 g/mol. The molecule has 0 aliphatic carbocycles. The maximum absolute atomic E-state index is 9.85. The van der Waals surface area contributed by atoms with E-state index in [4.69, 9.17) is 9.66 Å². The molecule has 0 bridgehead atoms. The van der Waals surface area contributed by atoms with Crippen LogP contribution in [0.3, 0.4) is 0 Å². The molecule has 0 fully saturated rings. The van der Waals surface area contributed by atoms with Crippen LogP contribution in [-0.2, 0) is 14.9 Å². The zero-order valence-corrected chi connectivity index (χ0v) is 9.23. The Kier molecular flexibility index (Phi) is 5.91. The van der Waals surface area contributed by atoms with E-state index < -0.39 is 21.0 Å². The molecule has 0 unspecified atom stereocenters. The summed E-state index contributed by atoms with van der Waals surface area (Å²) in [5.41, 5.74) is 0. The smallest absolute Gasteiger partial charge is 0.477 e. The van der Waals surface area contributed by atoms with E-state index in [0.717, 1.165) is 0 Å². The van der Waals surface area contributed by atoms with Gasteiger partial charge in [-0.05, 0) is 0 Å². The summed E-state index contributed by atoms with van der Waals surface area (Å²) in [6.45, 7) is 2.59. The Morgan fingerprint density at radius 3 is 1.70 bits per heavy atom. The minimum absolute atomic E-state index is 0. The van der Waals surface area contributed by atoms with Gasteiger partial charge in [-0.1, -0.05) is 6.58 Å². The average molecular weight is 240 g/mol. The van der Waals surface area contributed by atoms with E-state index in [1.165, 1.54) is 0 Å². The Morgan fingerprint density at radius 1 is 1.40 bits per heavy atom. The summed E-state index contributed by atoms with van der Waals surface area (Å²) in [6.07, 6.45) is 0. The fourth-order valence-corrected chi connectivity index (χ4v) is 0.331. The molecule has 0 rings (SSSR count). The first-order valence-electron chi connectivity index (χ1n) is 1.75. The number of hydrogen-bond acceptors (Lipinski definition) is 3. The molecule has 0 amide bonds. The number of carbonyl (C=O) groups is 1. The zero-order chi connectivity index (χ0) is 7.65. The van der Waals surface area contributed by atoms with Gasteiger partial charge in [0.2, 0.25) is 0 Å². The van der Waals surface area contributed by atoms with Gasteiger partial charge < -0.3 is 5.11 Å². The van der Waals surface area contributed by atoms with E-state index in [9.17, 15) is 13.2 Å². The van der Waals surface area contributed by atoms with Crippen molar-refractivity contribution in [3.63, 3.8) is 0 Å². The maximum atomic E-state index is 9.85. The van der Waals surface area contributed by atoms with Gasteiger partial charge in [-0.3, -0.25) is 4.55 Å². The number of rotatable bonds is 2. The van der Waals surface area contributed by atoms with Gasteiger partial charge in [0, 0.05) is 0 Å². The van der Waals surface area contributed by atoms with Crippen LogP contribution in [0.25, 0.3) is 0 Å². The van der Waals surface area contributed by atoms with Crippen molar-refractivity contribution in [1.29, 1.82) is 0 Å². The minimum Gasteiger partial charge on any atom is -0.477 e. The summed E-state index contributed by atoms with van der Waals surface area (Å²) >= 11 is 0. The number of carboxylic acid groups (broad SMARTS) is 1. The Labute approximate surface area is 94.8 Å². The summed E-state index contributed by atoms with van der Waals surface area (Å²) in [7, 11) is -4.60. The summed E-state index contributed by atoms with van der Waals surface area (Å²) in [6, 6.07) is 0. The Balaban J connectivity index is 0. The molecule has 0 aromatic rings. The fourth-order valence-electron chi connectivity index (χ4n) is 0.110. The molecule has 0 heterocycles. The standard InChI is InChI=1S/C3H4O5S.Sr/c1-2(3(4)5)9(6,7)8;/h1H2,(H,4,5)(H,6,7,8);/q;+2. The third kappa shape index (κ3) is 4.42. The summed E-state index contributed by atoms with van der Waals surface area (Å²) < 4.78 is 27.6. The van der Waals surface area contributed by atoms with Gasteiger partial charge >= 0.3 is 61.6 Å². The molecule has 0 spiro atoms. The van der Waals surface area contributed by atoms with Crippen LogP contribution in [0.2, 0.25) is 0 Å². The predicted octanol–water partition coefficient (Wildman–Crippen LogP) is -0.908. The largest absolute Gasteiger partial charge is 2.00 e. The molecule has 2 N–H and O–H groups in total. The second kappa shape index (κ2) is 4.47. The fraction of sp³-hybridized carbons (Fsp3) is 0. The van der Waals surface area contributed by atoms with Gasteiger partial charge in [-0.25, -0.2) is 4.79 Å². The van der Waals surface area contributed by atoms with Crippen LogP contribution < -0.4 is 0 Å². The first kappa shape index (κ1) is 13.2. The van der Waals surface area contributed by atoms with E-state index >= 15 is 0 Å². The van der Waals surface area contributed by atoms with Crippen LogP contribution in [0.15, 0.2) is 11.5 Å². The second-order valence-corrected chi connectivity index (χ2v) is 2.65. The average Bonchev–Trinajstić information content (AvgIpc) is 1.62. The molecule has 0 aromatic carbocycles. The molecule has 0 aromatic heterocycles. The molecule has 0 atom stereocenters. The maximum Gasteiger partial charge on any atom is 2.00 e. The summed E-state index contributed by atoms with van der Waals surface area (Å²) in [5, 5.41) is 7.88. The molecule has 10 heavy (non-hydrogen) atoms. The van der Waals surface area contributed by atoms with Gasteiger partial charge in [0.15, 0.2) is 4.91 Å². The van der Waals surface area contributed by atoms with Gasteiger partial charge in [-0.2, -0.15) is 8.42 Å². The molecule has 0 aliphatic heterocycles. The molecular weight excluding hydrogens is 236 g/mol. The summed E-state index contributed by atoms with van der Waals surface area (Å²) in [5.74, 6) is -1.75. The van der Waals surface area contributed by atoms with Crippen LogP contribution in [0.4, 0.5) is 0 Å². The van der Waals surface area contributed by atoms with Crippen LogP contribution in [0.5, 0.6) is 0 Å². The third-order valence-corrected chi connectivity index (χ3v) is 1.35. The minimum atomic E-state index is -4.60. The van der Waals surface area contributed by atoms with Crippen molar-refractivity contribution in [3.8, 4) is 0 Å². The van der Waals surface area contributed by atoms with Crippen LogP contribution >= 0.6 is 0 Å². The second-order valence-electron chi connectivity index (χ2n) is 1.20. The molecule has 7 heteroatoms. The Morgan fingerprint density at radius 2 is 1.70 bits per heavy atom. The van der Waals surface area contributed by atoms with Crippen molar-refractivity contribution < 1.29 is 22.9 Å². The van der Waals surface area contributed by atoms with E-state index in [1.54, 1.807) is 0 Å². The van der Waals surface area contributed by atoms with Gasteiger partial charge in [0.25, 0.3) is 0 Å². The van der Waals surface area contributed by atoms with Crippen LogP contribution in [0, 0.1) is 0 Å². The van der Waals surface area contributed by atoms with Crippen molar-refractivity contribution >= 4 is 61.6 Å². The van der Waals surface area contributed by atoms with Crippen molar-refractivity contribution in [2.75, 3.05) is 0 Å².